The van der Waals surface area contributed by atoms with Crippen LogP contribution in [-0.4, -0.2) is 28.0 Å². The van der Waals surface area contributed by atoms with Gasteiger partial charge in [0.25, 0.3) is 0 Å². The summed E-state index contributed by atoms with van der Waals surface area (Å²) in [5.74, 6) is 8.32. The molecule has 0 amide bonds. The monoisotopic (exact) mass is 282 g/mol. The molecule has 3 atom stereocenters. The zero-order valence-electron chi connectivity index (χ0n) is 10.8. The smallest absolute Gasteiger partial charge is 0.0380 e. The Morgan fingerprint density at radius 2 is 2.00 bits per heavy atom. The van der Waals surface area contributed by atoms with Crippen molar-refractivity contribution in [1.82, 2.24) is 5.43 Å². The Balaban J connectivity index is 2.03. The van der Waals surface area contributed by atoms with Gasteiger partial charge in [0.1, 0.15) is 0 Å². The molecule has 18 heavy (non-hydrogen) atoms. The van der Waals surface area contributed by atoms with Crippen molar-refractivity contribution in [3.63, 3.8) is 0 Å². The molecule has 0 spiro atoms. The highest BCUT2D eigenvalue weighted by atomic mass is 32.2. The van der Waals surface area contributed by atoms with E-state index in [-0.39, 0.29) is 0 Å². The molecule has 3 unspecified atom stereocenters. The summed E-state index contributed by atoms with van der Waals surface area (Å²) in [4.78, 5) is 0. The Morgan fingerprint density at radius 3 is 2.67 bits per heavy atom. The predicted molar refractivity (Wildman–Crippen MR) is 84.0 cm³/mol. The third-order valence-electron chi connectivity index (χ3n) is 3.40. The number of hydrogen-bond donors (Lipinski definition) is 2. The minimum Gasteiger partial charge on any atom is -0.271 e. The minimum atomic E-state index is 0.371. The van der Waals surface area contributed by atoms with Gasteiger partial charge in [-0.2, -0.15) is 23.5 Å². The third-order valence-corrected chi connectivity index (χ3v) is 6.81. The summed E-state index contributed by atoms with van der Waals surface area (Å²) in [6, 6.07) is 11.0. The molecule has 2 rings (SSSR count). The Kier molecular flexibility index (Phi) is 5.89. The normalized spacial score (nSPS) is 25.9. The number of rotatable bonds is 5. The van der Waals surface area contributed by atoms with Gasteiger partial charge in [0.05, 0.1) is 0 Å². The summed E-state index contributed by atoms with van der Waals surface area (Å²) in [6.07, 6.45) is 2.25. The number of hydrogen-bond acceptors (Lipinski definition) is 4. The van der Waals surface area contributed by atoms with Gasteiger partial charge in [-0.1, -0.05) is 37.3 Å². The predicted octanol–water partition coefficient (Wildman–Crippen LogP) is 2.69. The van der Waals surface area contributed by atoms with Crippen LogP contribution in [0.1, 0.15) is 18.9 Å². The van der Waals surface area contributed by atoms with Gasteiger partial charge < -0.3 is 0 Å². The first-order chi connectivity index (χ1) is 8.85. The summed E-state index contributed by atoms with van der Waals surface area (Å²) < 4.78 is 0. The van der Waals surface area contributed by atoms with Crippen LogP contribution in [0.5, 0.6) is 0 Å². The van der Waals surface area contributed by atoms with E-state index in [1.165, 1.54) is 23.5 Å². The largest absolute Gasteiger partial charge is 0.271 e. The van der Waals surface area contributed by atoms with E-state index in [2.05, 4.69) is 66.2 Å². The zero-order chi connectivity index (χ0) is 12.8. The van der Waals surface area contributed by atoms with Gasteiger partial charge in [-0.15, -0.1) is 0 Å². The lowest BCUT2D eigenvalue weighted by Crippen LogP contribution is -2.49. The molecule has 1 aliphatic heterocycles. The van der Waals surface area contributed by atoms with E-state index in [9.17, 15) is 0 Å². The molecular formula is C14H22N2S2. The molecule has 1 fully saturated rings. The first-order valence-electron chi connectivity index (χ1n) is 6.58. The molecule has 0 aliphatic carbocycles. The van der Waals surface area contributed by atoms with Crippen LogP contribution in [0.25, 0.3) is 0 Å². The van der Waals surface area contributed by atoms with E-state index in [1.54, 1.807) is 0 Å². The van der Waals surface area contributed by atoms with Gasteiger partial charge in [0, 0.05) is 28.0 Å². The standard InChI is InChI=1S/C14H22N2S2/c1-2-13-14(18-9-8-17-13)12(16-15)10-11-6-4-3-5-7-11/h3-7,12-14,16H,2,8-10,15H2,1H3. The molecule has 100 valence electrons. The SMILES string of the molecule is CCC1SCCSC1C(Cc1ccccc1)NN. The van der Waals surface area contributed by atoms with Crippen LogP contribution in [0.4, 0.5) is 0 Å². The maximum atomic E-state index is 5.80. The second-order valence-corrected chi connectivity index (χ2v) is 7.25. The van der Waals surface area contributed by atoms with E-state index in [4.69, 9.17) is 5.84 Å². The van der Waals surface area contributed by atoms with E-state index in [1.807, 2.05) is 0 Å². The van der Waals surface area contributed by atoms with Crippen molar-refractivity contribution in [1.29, 1.82) is 0 Å². The highest BCUT2D eigenvalue weighted by molar-refractivity contribution is 8.07. The summed E-state index contributed by atoms with van der Waals surface area (Å²) in [5, 5.41) is 1.35. The van der Waals surface area contributed by atoms with Crippen molar-refractivity contribution < 1.29 is 0 Å². The van der Waals surface area contributed by atoms with Gasteiger partial charge in [-0.25, -0.2) is 0 Å². The van der Waals surface area contributed by atoms with Gasteiger partial charge in [0.2, 0.25) is 0 Å². The van der Waals surface area contributed by atoms with Crippen molar-refractivity contribution >= 4 is 23.5 Å². The fourth-order valence-corrected chi connectivity index (χ4v) is 5.69. The maximum absolute atomic E-state index is 5.80. The van der Waals surface area contributed by atoms with E-state index >= 15 is 0 Å². The molecule has 2 nitrogen and oxygen atoms in total. The minimum absolute atomic E-state index is 0.371. The molecule has 1 aromatic carbocycles. The molecule has 0 radical (unpaired) electrons. The van der Waals surface area contributed by atoms with Gasteiger partial charge >= 0.3 is 0 Å². The Morgan fingerprint density at radius 1 is 1.28 bits per heavy atom. The van der Waals surface area contributed by atoms with Crippen LogP contribution >= 0.6 is 23.5 Å². The second kappa shape index (κ2) is 7.43. The van der Waals surface area contributed by atoms with Crippen LogP contribution in [-0.2, 0) is 6.42 Å². The van der Waals surface area contributed by atoms with Crippen molar-refractivity contribution in [3.8, 4) is 0 Å². The lowest BCUT2D eigenvalue weighted by atomic mass is 10.0. The molecule has 3 N–H and O–H groups in total. The number of thioether (sulfide) groups is 2. The van der Waals surface area contributed by atoms with Crippen LogP contribution < -0.4 is 11.3 Å². The molecule has 1 saturated heterocycles. The van der Waals surface area contributed by atoms with Crippen molar-refractivity contribution in [3.05, 3.63) is 35.9 Å². The lowest BCUT2D eigenvalue weighted by molar-refractivity contribution is 0.490. The topological polar surface area (TPSA) is 38.0 Å². The first-order valence-corrected chi connectivity index (χ1v) is 8.68. The molecule has 0 bridgehead atoms. The van der Waals surface area contributed by atoms with E-state index in [0.29, 0.717) is 11.3 Å². The molecule has 1 aliphatic rings. The fraction of sp³-hybridized carbons (Fsp3) is 0.571. The average Bonchev–Trinajstić information content (AvgIpc) is 2.46. The number of hydrazine groups is 1. The molecule has 1 aromatic rings. The lowest BCUT2D eigenvalue weighted by Gasteiger charge is -2.35. The Labute approximate surface area is 118 Å². The second-order valence-electron chi connectivity index (χ2n) is 4.62. The zero-order valence-corrected chi connectivity index (χ0v) is 12.5. The highest BCUT2D eigenvalue weighted by Crippen LogP contribution is 2.35. The van der Waals surface area contributed by atoms with Gasteiger partial charge in [0.15, 0.2) is 0 Å². The molecule has 0 saturated carbocycles. The Bertz CT molecular complexity index is 345. The van der Waals surface area contributed by atoms with Crippen LogP contribution in [0.15, 0.2) is 30.3 Å². The van der Waals surface area contributed by atoms with Crippen molar-refractivity contribution in [2.45, 2.75) is 36.3 Å². The quantitative estimate of drug-likeness (QED) is 0.643. The fourth-order valence-electron chi connectivity index (χ4n) is 2.45. The van der Waals surface area contributed by atoms with Crippen molar-refractivity contribution in [2.75, 3.05) is 11.5 Å². The summed E-state index contributed by atoms with van der Waals surface area (Å²) in [5.41, 5.74) is 4.42. The van der Waals surface area contributed by atoms with E-state index < -0.39 is 0 Å². The summed E-state index contributed by atoms with van der Waals surface area (Å²) in [7, 11) is 0. The van der Waals surface area contributed by atoms with Crippen LogP contribution in [0.2, 0.25) is 0 Å². The number of benzene rings is 1. The van der Waals surface area contributed by atoms with Gasteiger partial charge in [-0.05, 0) is 18.4 Å². The van der Waals surface area contributed by atoms with Crippen LogP contribution in [0.3, 0.4) is 0 Å². The summed E-state index contributed by atoms with van der Waals surface area (Å²) >= 11 is 4.19. The first kappa shape index (κ1) is 14.3. The third kappa shape index (κ3) is 3.67. The average molecular weight is 282 g/mol. The number of nitrogens with two attached hydrogens (primary N) is 1. The summed E-state index contributed by atoms with van der Waals surface area (Å²) in [6.45, 7) is 2.28. The highest BCUT2D eigenvalue weighted by Gasteiger charge is 2.31. The van der Waals surface area contributed by atoms with Crippen LogP contribution in [0, 0.1) is 0 Å². The Hall–Kier alpha value is -0.160. The number of nitrogens with one attached hydrogen (secondary N) is 1. The molecule has 0 aromatic heterocycles. The van der Waals surface area contributed by atoms with E-state index in [0.717, 1.165) is 11.7 Å². The molecular weight excluding hydrogens is 260 g/mol. The molecule has 4 heteroatoms. The molecule has 1 heterocycles. The van der Waals surface area contributed by atoms with Gasteiger partial charge in [-0.3, -0.25) is 11.3 Å². The van der Waals surface area contributed by atoms with Crippen molar-refractivity contribution in [2.24, 2.45) is 5.84 Å². The maximum Gasteiger partial charge on any atom is 0.0380 e.